The van der Waals surface area contributed by atoms with Gasteiger partial charge in [-0.25, -0.2) is 0 Å². The highest BCUT2D eigenvalue weighted by atomic mass is 16.5. The van der Waals surface area contributed by atoms with E-state index in [-0.39, 0.29) is 55.3 Å². The van der Waals surface area contributed by atoms with Crippen molar-refractivity contribution in [1.82, 2.24) is 10.6 Å². The number of carbonyl (C=O) groups is 3. The van der Waals surface area contributed by atoms with Crippen LogP contribution in [0.3, 0.4) is 0 Å². The number of nitrogens with one attached hydrogen (secondary N) is 2. The van der Waals surface area contributed by atoms with Crippen molar-refractivity contribution < 1.29 is 24.2 Å². The van der Waals surface area contributed by atoms with Gasteiger partial charge in [0.25, 0.3) is 0 Å². The van der Waals surface area contributed by atoms with E-state index in [0.717, 1.165) is 18.4 Å². The summed E-state index contributed by atoms with van der Waals surface area (Å²) in [6.45, 7) is 12.9. The van der Waals surface area contributed by atoms with E-state index < -0.39 is 12.0 Å². The van der Waals surface area contributed by atoms with Gasteiger partial charge in [-0.3, -0.25) is 14.4 Å². The lowest BCUT2D eigenvalue weighted by Gasteiger charge is -2.26. The SMILES string of the molecule is C=CCCC[C@H](Cc1ccccc1)C(=O)OC[C@@H](NC(=O)[C@H](CC=C)CC(=O)N[C@H](C)CO)C(C)C. The Bertz CT molecular complexity index is 824. The third-order valence-corrected chi connectivity index (χ3v) is 6.09. The fourth-order valence-corrected chi connectivity index (χ4v) is 3.79. The van der Waals surface area contributed by atoms with Gasteiger partial charge in [-0.15, -0.1) is 13.2 Å². The Labute approximate surface area is 216 Å². The number of esters is 1. The molecular weight excluding hydrogens is 456 g/mol. The fourth-order valence-electron chi connectivity index (χ4n) is 3.79. The van der Waals surface area contributed by atoms with E-state index in [4.69, 9.17) is 9.84 Å². The smallest absolute Gasteiger partial charge is 0.309 e. The molecule has 3 N–H and O–H groups in total. The number of allylic oxidation sites excluding steroid dienone is 2. The van der Waals surface area contributed by atoms with Crippen molar-refractivity contribution in [1.29, 1.82) is 0 Å². The van der Waals surface area contributed by atoms with Gasteiger partial charge in [-0.1, -0.05) is 56.3 Å². The lowest BCUT2D eigenvalue weighted by molar-refractivity contribution is -0.150. The number of rotatable bonds is 18. The number of carbonyl (C=O) groups excluding carboxylic acids is 3. The van der Waals surface area contributed by atoms with Gasteiger partial charge >= 0.3 is 5.97 Å². The maximum atomic E-state index is 13.0. The zero-order chi connectivity index (χ0) is 26.9. The normalized spacial score (nSPS) is 14.2. The average Bonchev–Trinajstić information content (AvgIpc) is 2.85. The molecule has 7 heteroatoms. The summed E-state index contributed by atoms with van der Waals surface area (Å²) >= 11 is 0. The molecule has 0 aromatic heterocycles. The molecule has 0 bridgehead atoms. The Morgan fingerprint density at radius 2 is 1.72 bits per heavy atom. The van der Waals surface area contributed by atoms with Crippen molar-refractivity contribution in [2.24, 2.45) is 17.8 Å². The third kappa shape index (κ3) is 12.2. The molecule has 36 heavy (non-hydrogen) atoms. The first-order valence-corrected chi connectivity index (χ1v) is 12.8. The minimum absolute atomic E-state index is 0.0164. The Morgan fingerprint density at radius 1 is 1.03 bits per heavy atom. The number of ether oxygens (including phenoxy) is 1. The van der Waals surface area contributed by atoms with Gasteiger partial charge in [-0.2, -0.15) is 0 Å². The molecule has 4 atom stereocenters. The highest BCUT2D eigenvalue weighted by Gasteiger charge is 2.27. The Hall–Kier alpha value is -2.93. The number of unbranched alkanes of at least 4 members (excludes halogenated alkanes) is 1. The summed E-state index contributed by atoms with van der Waals surface area (Å²) in [5.74, 6) is -1.74. The molecule has 0 saturated heterocycles. The molecule has 200 valence electrons. The molecule has 1 rings (SSSR count). The first kappa shape index (κ1) is 31.1. The molecule has 0 aliphatic rings. The van der Waals surface area contributed by atoms with Crippen molar-refractivity contribution >= 4 is 17.8 Å². The largest absolute Gasteiger partial charge is 0.463 e. The Morgan fingerprint density at radius 3 is 2.31 bits per heavy atom. The molecule has 0 saturated carbocycles. The van der Waals surface area contributed by atoms with Gasteiger partial charge < -0.3 is 20.5 Å². The predicted octanol–water partition coefficient (Wildman–Crippen LogP) is 3.97. The second-order valence-corrected chi connectivity index (χ2v) is 9.67. The van der Waals surface area contributed by atoms with Gasteiger partial charge in [-0.05, 0) is 50.5 Å². The van der Waals surface area contributed by atoms with E-state index in [2.05, 4.69) is 23.8 Å². The molecule has 1 aromatic rings. The van der Waals surface area contributed by atoms with Crippen LogP contribution in [0, 0.1) is 17.8 Å². The second-order valence-electron chi connectivity index (χ2n) is 9.67. The van der Waals surface area contributed by atoms with E-state index >= 15 is 0 Å². The summed E-state index contributed by atoms with van der Waals surface area (Å²) in [4.78, 5) is 38.3. The van der Waals surface area contributed by atoms with Crippen molar-refractivity contribution in [2.45, 2.75) is 71.4 Å². The van der Waals surface area contributed by atoms with Crippen LogP contribution in [-0.4, -0.2) is 48.2 Å². The summed E-state index contributed by atoms with van der Waals surface area (Å²) in [7, 11) is 0. The number of amides is 2. The zero-order valence-electron chi connectivity index (χ0n) is 22.1. The van der Waals surface area contributed by atoms with E-state index in [1.807, 2.05) is 50.3 Å². The fraction of sp³-hybridized carbons (Fsp3) is 0.552. The van der Waals surface area contributed by atoms with Gasteiger partial charge in [0.2, 0.25) is 11.8 Å². The molecule has 7 nitrogen and oxygen atoms in total. The Kier molecular flexibility index (Phi) is 15.1. The lowest BCUT2D eigenvalue weighted by Crippen LogP contribution is -2.46. The summed E-state index contributed by atoms with van der Waals surface area (Å²) < 4.78 is 5.71. The van der Waals surface area contributed by atoms with Gasteiger partial charge in [0.1, 0.15) is 6.61 Å². The predicted molar refractivity (Wildman–Crippen MR) is 143 cm³/mol. The van der Waals surface area contributed by atoms with Crippen LogP contribution >= 0.6 is 0 Å². The minimum atomic E-state index is -0.602. The van der Waals surface area contributed by atoms with Gasteiger partial charge in [0.15, 0.2) is 0 Å². The average molecular weight is 501 g/mol. The van der Waals surface area contributed by atoms with E-state index in [0.29, 0.717) is 19.3 Å². The minimum Gasteiger partial charge on any atom is -0.463 e. The first-order valence-electron chi connectivity index (χ1n) is 12.8. The molecule has 0 aliphatic heterocycles. The number of aliphatic hydroxyl groups is 1. The van der Waals surface area contributed by atoms with Crippen molar-refractivity contribution in [3.63, 3.8) is 0 Å². The molecule has 0 aliphatic carbocycles. The summed E-state index contributed by atoms with van der Waals surface area (Å²) in [6.07, 6.45) is 6.74. The number of aliphatic hydroxyl groups excluding tert-OH is 1. The third-order valence-electron chi connectivity index (χ3n) is 6.09. The molecule has 0 fully saturated rings. The molecular formula is C29H44N2O5. The monoisotopic (exact) mass is 500 g/mol. The van der Waals surface area contributed by atoms with Crippen LogP contribution in [0.5, 0.6) is 0 Å². The number of hydrogen-bond donors (Lipinski definition) is 3. The maximum absolute atomic E-state index is 13.0. The molecule has 0 unspecified atom stereocenters. The van der Waals surface area contributed by atoms with Crippen LogP contribution < -0.4 is 10.6 Å². The Balaban J connectivity index is 2.79. The standard InChI is InChI=1S/C29H44N2O5/c1-6-8-10-16-25(17-23-14-11-9-12-15-23)29(35)36-20-26(21(3)4)31-28(34)24(13-7-2)18-27(33)30-22(5)19-32/h6-7,9,11-12,14-15,21-22,24-26,32H,1-2,8,10,13,16-20H2,3-5H3,(H,30,33)(H,31,34)/t22-,24-,25-,26-/m1/s1. The molecule has 0 spiro atoms. The first-order chi connectivity index (χ1) is 17.2. The second kappa shape index (κ2) is 17.5. The summed E-state index contributed by atoms with van der Waals surface area (Å²) in [5, 5.41) is 14.8. The van der Waals surface area contributed by atoms with E-state index in [1.54, 1.807) is 13.0 Å². The van der Waals surface area contributed by atoms with Crippen LogP contribution in [0.1, 0.15) is 58.4 Å². The van der Waals surface area contributed by atoms with Crippen molar-refractivity contribution in [2.75, 3.05) is 13.2 Å². The van der Waals surface area contributed by atoms with E-state index in [1.165, 1.54) is 0 Å². The van der Waals surface area contributed by atoms with Crippen LogP contribution in [0.15, 0.2) is 55.6 Å². The molecule has 1 aromatic carbocycles. The highest BCUT2D eigenvalue weighted by molar-refractivity contribution is 5.86. The van der Waals surface area contributed by atoms with Crippen LogP contribution in [0.25, 0.3) is 0 Å². The van der Waals surface area contributed by atoms with E-state index in [9.17, 15) is 14.4 Å². The maximum Gasteiger partial charge on any atom is 0.309 e. The summed E-state index contributed by atoms with van der Waals surface area (Å²) in [6, 6.07) is 9.08. The van der Waals surface area contributed by atoms with Crippen molar-refractivity contribution in [3.05, 3.63) is 61.2 Å². The number of hydrogen-bond acceptors (Lipinski definition) is 5. The quantitative estimate of drug-likeness (QED) is 0.161. The van der Waals surface area contributed by atoms with Gasteiger partial charge in [0, 0.05) is 12.5 Å². The van der Waals surface area contributed by atoms with Gasteiger partial charge in [0.05, 0.1) is 24.5 Å². The van der Waals surface area contributed by atoms with Crippen LogP contribution in [0.4, 0.5) is 0 Å². The molecule has 0 heterocycles. The highest BCUT2D eigenvalue weighted by Crippen LogP contribution is 2.18. The van der Waals surface area contributed by atoms with Crippen LogP contribution in [-0.2, 0) is 25.5 Å². The zero-order valence-corrected chi connectivity index (χ0v) is 22.1. The molecule has 2 amide bonds. The van der Waals surface area contributed by atoms with Crippen molar-refractivity contribution in [3.8, 4) is 0 Å². The summed E-state index contributed by atoms with van der Waals surface area (Å²) in [5.41, 5.74) is 1.08. The lowest BCUT2D eigenvalue weighted by atomic mass is 9.94. The number of benzene rings is 1. The topological polar surface area (TPSA) is 105 Å². The van der Waals surface area contributed by atoms with Crippen LogP contribution in [0.2, 0.25) is 0 Å². The molecule has 0 radical (unpaired) electrons.